The maximum absolute atomic E-state index is 13.7. The monoisotopic (exact) mass is 328 g/mol. The van der Waals surface area contributed by atoms with Crippen LogP contribution in [0.2, 0.25) is 5.02 Å². The van der Waals surface area contributed by atoms with Gasteiger partial charge in [0.15, 0.2) is 0 Å². The molecule has 0 unspecified atom stereocenters. The van der Waals surface area contributed by atoms with Crippen molar-refractivity contribution in [2.75, 3.05) is 11.8 Å². The summed E-state index contributed by atoms with van der Waals surface area (Å²) in [6.45, 7) is 0.377. The second kappa shape index (κ2) is 6.43. The molecular formula is C14H14ClFN2O2S. The summed E-state index contributed by atoms with van der Waals surface area (Å²) in [5.41, 5.74) is 0.332. The zero-order valence-corrected chi connectivity index (χ0v) is 12.8. The first-order valence-corrected chi connectivity index (χ1v) is 8.01. The van der Waals surface area contributed by atoms with Crippen LogP contribution in [0.3, 0.4) is 0 Å². The molecule has 21 heavy (non-hydrogen) atoms. The van der Waals surface area contributed by atoms with Crippen molar-refractivity contribution < 1.29 is 12.8 Å². The van der Waals surface area contributed by atoms with Crippen molar-refractivity contribution in [1.29, 1.82) is 0 Å². The molecule has 2 aromatic rings. The van der Waals surface area contributed by atoms with Gasteiger partial charge in [-0.2, -0.15) is 0 Å². The summed E-state index contributed by atoms with van der Waals surface area (Å²) in [4.78, 5) is 0.0821. The van der Waals surface area contributed by atoms with Crippen molar-refractivity contribution in [1.82, 2.24) is 5.32 Å². The zero-order chi connectivity index (χ0) is 15.5. The molecule has 0 aliphatic heterocycles. The van der Waals surface area contributed by atoms with Gasteiger partial charge in [0.25, 0.3) is 10.0 Å². The molecule has 0 aliphatic rings. The lowest BCUT2D eigenvalue weighted by atomic mass is 10.2. The van der Waals surface area contributed by atoms with E-state index in [9.17, 15) is 12.8 Å². The third-order valence-corrected chi connectivity index (χ3v) is 4.59. The van der Waals surface area contributed by atoms with E-state index in [0.29, 0.717) is 12.1 Å². The van der Waals surface area contributed by atoms with Gasteiger partial charge in [-0.05, 0) is 30.8 Å². The first-order chi connectivity index (χ1) is 9.95. The van der Waals surface area contributed by atoms with E-state index in [-0.39, 0.29) is 15.6 Å². The van der Waals surface area contributed by atoms with Crippen molar-refractivity contribution in [3.05, 3.63) is 58.9 Å². The number of hydrogen-bond donors (Lipinski definition) is 2. The molecule has 0 amide bonds. The van der Waals surface area contributed by atoms with E-state index < -0.39 is 15.8 Å². The van der Waals surface area contributed by atoms with Crippen LogP contribution in [0.5, 0.6) is 0 Å². The molecule has 2 N–H and O–H groups in total. The Labute approximate surface area is 128 Å². The molecule has 0 fully saturated rings. The fourth-order valence-electron chi connectivity index (χ4n) is 1.89. The minimum Gasteiger partial charge on any atom is -0.316 e. The number of anilines is 1. The fourth-order valence-corrected chi connectivity index (χ4v) is 3.48. The summed E-state index contributed by atoms with van der Waals surface area (Å²) in [7, 11) is -2.21. The normalized spacial score (nSPS) is 11.4. The molecule has 0 heterocycles. The van der Waals surface area contributed by atoms with Crippen LogP contribution in [0.1, 0.15) is 5.56 Å². The van der Waals surface area contributed by atoms with Gasteiger partial charge < -0.3 is 5.32 Å². The highest BCUT2D eigenvalue weighted by atomic mass is 35.5. The minimum absolute atomic E-state index is 0.00433. The van der Waals surface area contributed by atoms with Crippen molar-refractivity contribution in [3.8, 4) is 0 Å². The van der Waals surface area contributed by atoms with E-state index >= 15 is 0 Å². The summed E-state index contributed by atoms with van der Waals surface area (Å²) < 4.78 is 40.8. The SMILES string of the molecule is CNCc1ccccc1S(=O)(=O)Nc1c(F)cccc1Cl. The number of halogens is 2. The molecule has 2 aromatic carbocycles. The van der Waals surface area contributed by atoms with E-state index in [1.54, 1.807) is 25.2 Å². The fraction of sp³-hybridized carbons (Fsp3) is 0.143. The quantitative estimate of drug-likeness (QED) is 0.887. The minimum atomic E-state index is -3.93. The van der Waals surface area contributed by atoms with E-state index in [0.717, 1.165) is 6.07 Å². The number of nitrogens with one attached hydrogen (secondary N) is 2. The molecule has 2 rings (SSSR count). The van der Waals surface area contributed by atoms with Crippen LogP contribution in [0.15, 0.2) is 47.4 Å². The molecule has 4 nitrogen and oxygen atoms in total. The van der Waals surface area contributed by atoms with Gasteiger partial charge in [-0.25, -0.2) is 12.8 Å². The molecule has 112 valence electrons. The number of para-hydroxylation sites is 1. The van der Waals surface area contributed by atoms with Gasteiger partial charge in [0.1, 0.15) is 11.5 Å². The third-order valence-electron chi connectivity index (χ3n) is 2.83. The Balaban J connectivity index is 2.44. The topological polar surface area (TPSA) is 58.2 Å². The Bertz CT molecular complexity index is 730. The van der Waals surface area contributed by atoms with Crippen LogP contribution in [0, 0.1) is 5.82 Å². The molecular weight excluding hydrogens is 315 g/mol. The molecule has 0 bridgehead atoms. The molecule has 0 saturated carbocycles. The Morgan fingerprint density at radius 3 is 2.52 bits per heavy atom. The summed E-state index contributed by atoms with van der Waals surface area (Å²) in [5.74, 6) is -0.725. The number of benzene rings is 2. The van der Waals surface area contributed by atoms with Crippen LogP contribution >= 0.6 is 11.6 Å². The first-order valence-electron chi connectivity index (χ1n) is 6.15. The second-order valence-electron chi connectivity index (χ2n) is 4.34. The Kier molecular flexibility index (Phi) is 4.82. The van der Waals surface area contributed by atoms with Gasteiger partial charge in [0, 0.05) is 6.54 Å². The molecule has 0 radical (unpaired) electrons. The predicted octanol–water partition coefficient (Wildman–Crippen LogP) is 3.00. The van der Waals surface area contributed by atoms with Crippen LogP contribution in [0.25, 0.3) is 0 Å². The van der Waals surface area contributed by atoms with E-state index in [1.165, 1.54) is 18.2 Å². The zero-order valence-electron chi connectivity index (χ0n) is 11.2. The highest BCUT2D eigenvalue weighted by Gasteiger charge is 2.20. The van der Waals surface area contributed by atoms with Gasteiger partial charge in [0.05, 0.1) is 9.92 Å². The van der Waals surface area contributed by atoms with Crippen LogP contribution < -0.4 is 10.0 Å². The van der Waals surface area contributed by atoms with E-state index in [4.69, 9.17) is 11.6 Å². The van der Waals surface area contributed by atoms with Crippen molar-refractivity contribution in [2.45, 2.75) is 11.4 Å². The Hall–Kier alpha value is -1.63. The maximum atomic E-state index is 13.7. The van der Waals surface area contributed by atoms with Gasteiger partial charge >= 0.3 is 0 Å². The van der Waals surface area contributed by atoms with Gasteiger partial charge in [-0.1, -0.05) is 35.9 Å². The number of sulfonamides is 1. The summed E-state index contributed by atoms with van der Waals surface area (Å²) >= 11 is 5.84. The summed E-state index contributed by atoms with van der Waals surface area (Å²) in [5, 5.41) is 2.90. The number of rotatable bonds is 5. The average molecular weight is 329 g/mol. The summed E-state index contributed by atoms with van der Waals surface area (Å²) in [6, 6.07) is 10.5. The van der Waals surface area contributed by atoms with E-state index in [2.05, 4.69) is 10.0 Å². The Morgan fingerprint density at radius 2 is 1.86 bits per heavy atom. The maximum Gasteiger partial charge on any atom is 0.262 e. The highest BCUT2D eigenvalue weighted by Crippen LogP contribution is 2.28. The number of hydrogen-bond acceptors (Lipinski definition) is 3. The smallest absolute Gasteiger partial charge is 0.262 e. The molecule has 7 heteroatoms. The Morgan fingerprint density at radius 1 is 1.14 bits per heavy atom. The van der Waals surface area contributed by atoms with E-state index in [1.807, 2.05) is 0 Å². The van der Waals surface area contributed by atoms with Gasteiger partial charge in [-0.15, -0.1) is 0 Å². The lowest BCUT2D eigenvalue weighted by Crippen LogP contribution is -2.18. The van der Waals surface area contributed by atoms with Crippen LogP contribution in [-0.2, 0) is 16.6 Å². The van der Waals surface area contributed by atoms with Gasteiger partial charge in [0.2, 0.25) is 0 Å². The average Bonchev–Trinajstić information content (AvgIpc) is 2.44. The lowest BCUT2D eigenvalue weighted by Gasteiger charge is -2.13. The second-order valence-corrected chi connectivity index (χ2v) is 6.40. The lowest BCUT2D eigenvalue weighted by molar-refractivity contribution is 0.596. The molecule has 0 aromatic heterocycles. The summed E-state index contributed by atoms with van der Waals surface area (Å²) in [6.07, 6.45) is 0. The van der Waals surface area contributed by atoms with Crippen molar-refractivity contribution in [2.24, 2.45) is 0 Å². The van der Waals surface area contributed by atoms with Crippen molar-refractivity contribution >= 4 is 27.3 Å². The standard InChI is InChI=1S/C14H14ClFN2O2S/c1-17-9-10-5-2-3-8-13(10)21(19,20)18-14-11(15)6-4-7-12(14)16/h2-8,17-18H,9H2,1H3. The van der Waals surface area contributed by atoms with Crippen LogP contribution in [-0.4, -0.2) is 15.5 Å². The van der Waals surface area contributed by atoms with Crippen LogP contribution in [0.4, 0.5) is 10.1 Å². The molecule has 0 aliphatic carbocycles. The predicted molar refractivity (Wildman–Crippen MR) is 81.4 cm³/mol. The van der Waals surface area contributed by atoms with Gasteiger partial charge in [-0.3, -0.25) is 4.72 Å². The molecule has 0 spiro atoms. The molecule has 0 saturated heterocycles. The largest absolute Gasteiger partial charge is 0.316 e. The highest BCUT2D eigenvalue weighted by molar-refractivity contribution is 7.92. The third kappa shape index (κ3) is 3.53. The van der Waals surface area contributed by atoms with Crippen molar-refractivity contribution in [3.63, 3.8) is 0 Å². The molecule has 0 atom stereocenters. The first kappa shape index (κ1) is 15.8.